The Morgan fingerprint density at radius 2 is 0.957 bits per heavy atom. The Balaban J connectivity index is -0.0000000393. The van der Waals surface area contributed by atoms with Crippen molar-refractivity contribution in [2.24, 2.45) is 0 Å². The number of carboxylic acid groups (broad SMARTS) is 3. The number of aliphatic hydroxyl groups excluding tert-OH is 3. The fourth-order valence-corrected chi connectivity index (χ4v) is 0.0577. The molecule has 0 aliphatic heterocycles. The minimum absolute atomic E-state index is 0. The maximum Gasteiger partial charge on any atom is 0.316 e. The molecule has 0 bridgehead atoms. The number of rotatable bonds is 2. The number of hydrogen-bond donors (Lipinski definition) is 6. The predicted molar refractivity (Wildman–Crippen MR) is 88.6 cm³/mol. The van der Waals surface area contributed by atoms with E-state index < -0.39 is 35.2 Å². The van der Waals surface area contributed by atoms with E-state index in [4.69, 9.17) is 45.0 Å². The molecular formula is C11H28MgO10S. The summed E-state index contributed by atoms with van der Waals surface area (Å²) in [7, 11) is 0. The molecule has 0 aliphatic rings. The number of aliphatic hydroxyl groups is 3. The molecule has 12 heteroatoms. The zero-order valence-electron chi connectivity index (χ0n) is 13.2. The van der Waals surface area contributed by atoms with Crippen LogP contribution in [0.15, 0.2) is 0 Å². The molecule has 0 amide bonds. The van der Waals surface area contributed by atoms with Gasteiger partial charge in [-0.2, -0.15) is 0 Å². The van der Waals surface area contributed by atoms with Crippen LogP contribution in [0.4, 0.5) is 0 Å². The first-order valence-electron chi connectivity index (χ1n) is 5.47. The van der Waals surface area contributed by atoms with Crippen LogP contribution >= 0.6 is 0 Å². The summed E-state index contributed by atoms with van der Waals surface area (Å²) in [5.41, 5.74) is 0. The quantitative estimate of drug-likeness (QED) is 0.225. The Bertz CT molecular complexity index is 216. The molecule has 6 N–H and O–H groups in total. The third-order valence-electron chi connectivity index (χ3n) is 0.421. The van der Waals surface area contributed by atoms with Crippen LogP contribution in [0.5, 0.6) is 0 Å². The molecular weight excluding hydrogens is 348 g/mol. The first kappa shape index (κ1) is 38.1. The highest BCUT2D eigenvalue weighted by Crippen LogP contribution is 1.71. The van der Waals surface area contributed by atoms with Crippen molar-refractivity contribution in [3.8, 4) is 0 Å². The molecule has 0 rings (SSSR count). The van der Waals surface area contributed by atoms with E-state index in [2.05, 4.69) is 0 Å². The van der Waals surface area contributed by atoms with E-state index in [-0.39, 0.29) is 36.3 Å². The van der Waals surface area contributed by atoms with Gasteiger partial charge in [-0.1, -0.05) is 11.2 Å². The van der Waals surface area contributed by atoms with Crippen LogP contribution in [-0.4, -0.2) is 108 Å². The highest BCUT2D eigenvalue weighted by atomic mass is 32.2. The number of carboxylic acids is 3. The Kier molecular flexibility index (Phi) is 54.8. The van der Waals surface area contributed by atoms with Gasteiger partial charge in [-0.15, -0.1) is 0 Å². The number of carbonyl (C=O) groups is 3. The molecule has 0 atom stereocenters. The molecule has 0 spiro atoms. The standard InChI is InChI=1S/C3H8O3.3C2H4O2.C2H6OS.Mg.2H/c4-1-3(6)2-5;3*1-2(3)4;1-4(2)3;;;/h3-6H,1-2H2;3*1H3,(H,3,4);1-2H3;;;. The van der Waals surface area contributed by atoms with Crippen LogP contribution in [0.1, 0.15) is 20.8 Å². The van der Waals surface area contributed by atoms with Crippen LogP contribution < -0.4 is 0 Å². The summed E-state index contributed by atoms with van der Waals surface area (Å²) in [6.07, 6.45) is 2.32. The molecule has 0 fully saturated rings. The van der Waals surface area contributed by atoms with Crippen molar-refractivity contribution in [3.05, 3.63) is 0 Å². The molecule has 0 aliphatic carbocycles. The van der Waals surface area contributed by atoms with Crippen molar-refractivity contribution >= 4 is 52.1 Å². The lowest BCUT2D eigenvalue weighted by Gasteiger charge is -1.96. The lowest BCUT2D eigenvalue weighted by Crippen LogP contribution is -2.15. The summed E-state index contributed by atoms with van der Waals surface area (Å²) in [4.78, 5) is 27.0. The second-order valence-electron chi connectivity index (χ2n) is 3.32. The van der Waals surface area contributed by atoms with E-state index >= 15 is 0 Å². The van der Waals surface area contributed by atoms with Crippen LogP contribution in [-0.2, 0) is 25.6 Å². The smallest absolute Gasteiger partial charge is 0.316 e. The largest absolute Gasteiger partial charge is 0.617 e. The molecule has 0 aromatic carbocycles. The van der Waals surface area contributed by atoms with Crippen LogP contribution in [0.25, 0.3) is 0 Å². The van der Waals surface area contributed by atoms with Gasteiger partial charge in [0.05, 0.1) is 25.7 Å². The van der Waals surface area contributed by atoms with Gasteiger partial charge in [0.15, 0.2) is 0 Å². The van der Waals surface area contributed by atoms with Gasteiger partial charge in [0.1, 0.15) is 6.10 Å². The first-order valence-corrected chi connectivity index (χ1v) is 7.44. The van der Waals surface area contributed by atoms with Crippen molar-refractivity contribution in [3.63, 3.8) is 0 Å². The van der Waals surface area contributed by atoms with E-state index in [9.17, 15) is 4.55 Å². The SMILES string of the molecule is CC(=O)O.CC(=O)O.CC(=O)O.C[S+](C)[O-].OCC(O)CO.[MgH2]. The lowest BCUT2D eigenvalue weighted by molar-refractivity contribution is -0.135. The van der Waals surface area contributed by atoms with Crippen molar-refractivity contribution in [1.82, 2.24) is 0 Å². The van der Waals surface area contributed by atoms with Gasteiger partial charge in [-0.3, -0.25) is 14.4 Å². The van der Waals surface area contributed by atoms with E-state index in [1.807, 2.05) is 0 Å². The van der Waals surface area contributed by atoms with Gasteiger partial charge in [-0.25, -0.2) is 0 Å². The Morgan fingerprint density at radius 1 is 0.870 bits per heavy atom. The summed E-state index contributed by atoms with van der Waals surface area (Å²) in [5, 5.41) is 46.3. The first-order chi connectivity index (χ1) is 9.74. The summed E-state index contributed by atoms with van der Waals surface area (Å²) >= 11 is -0.611. The van der Waals surface area contributed by atoms with E-state index in [1.165, 1.54) is 0 Å². The second-order valence-corrected chi connectivity index (χ2v) is 4.80. The highest BCUT2D eigenvalue weighted by Gasteiger charge is 1.93. The zero-order chi connectivity index (χ0) is 19.3. The molecule has 0 radical (unpaired) electrons. The van der Waals surface area contributed by atoms with Gasteiger partial charge in [0.25, 0.3) is 17.9 Å². The normalized spacial score (nSPS) is 7.43. The van der Waals surface area contributed by atoms with Gasteiger partial charge < -0.3 is 35.2 Å². The van der Waals surface area contributed by atoms with Gasteiger partial charge in [-0.05, 0) is 0 Å². The second kappa shape index (κ2) is 33.1. The van der Waals surface area contributed by atoms with Crippen molar-refractivity contribution < 1.29 is 49.6 Å². The molecule has 0 aromatic heterocycles. The van der Waals surface area contributed by atoms with Gasteiger partial charge in [0.2, 0.25) is 0 Å². The fraction of sp³-hybridized carbons (Fsp3) is 0.727. The molecule has 140 valence electrons. The third kappa shape index (κ3) is 707. The summed E-state index contributed by atoms with van der Waals surface area (Å²) in [6, 6.07) is 0. The predicted octanol–water partition coefficient (Wildman–Crippen LogP) is -2.32. The van der Waals surface area contributed by atoms with E-state index in [0.717, 1.165) is 20.8 Å². The molecule has 0 saturated heterocycles. The topological polar surface area (TPSA) is 196 Å². The molecule has 0 aromatic rings. The Morgan fingerprint density at radius 3 is 0.957 bits per heavy atom. The van der Waals surface area contributed by atoms with Crippen LogP contribution in [0.2, 0.25) is 0 Å². The van der Waals surface area contributed by atoms with E-state index in [1.54, 1.807) is 12.5 Å². The molecule has 23 heavy (non-hydrogen) atoms. The monoisotopic (exact) mass is 376 g/mol. The van der Waals surface area contributed by atoms with E-state index in [0.29, 0.717) is 0 Å². The van der Waals surface area contributed by atoms with Crippen molar-refractivity contribution in [2.75, 3.05) is 25.7 Å². The Labute approximate surface area is 154 Å². The maximum absolute atomic E-state index is 9.56. The summed E-state index contributed by atoms with van der Waals surface area (Å²) in [5.74, 6) is -2.50. The number of aliphatic carboxylic acids is 3. The summed E-state index contributed by atoms with van der Waals surface area (Å²) in [6.45, 7) is 2.52. The van der Waals surface area contributed by atoms with Crippen molar-refractivity contribution in [2.45, 2.75) is 26.9 Å². The third-order valence-corrected chi connectivity index (χ3v) is 0.421. The maximum atomic E-state index is 9.56. The average molecular weight is 377 g/mol. The highest BCUT2D eigenvalue weighted by molar-refractivity contribution is 7.89. The average Bonchev–Trinajstić information content (AvgIpc) is 2.24. The van der Waals surface area contributed by atoms with Gasteiger partial charge in [0, 0.05) is 20.8 Å². The van der Waals surface area contributed by atoms with Gasteiger partial charge >= 0.3 is 23.1 Å². The molecule has 0 heterocycles. The minimum Gasteiger partial charge on any atom is -0.617 e. The zero-order valence-corrected chi connectivity index (χ0v) is 14.0. The minimum atomic E-state index is -0.954. The lowest BCUT2D eigenvalue weighted by atomic mass is 10.4. The van der Waals surface area contributed by atoms with Crippen molar-refractivity contribution in [1.29, 1.82) is 0 Å². The molecule has 0 unspecified atom stereocenters. The fourth-order valence-electron chi connectivity index (χ4n) is 0.0577. The molecule has 0 saturated carbocycles. The number of hydrogen-bond acceptors (Lipinski definition) is 7. The van der Waals surface area contributed by atoms with Crippen LogP contribution in [0.3, 0.4) is 0 Å². The van der Waals surface area contributed by atoms with Crippen LogP contribution in [0, 0.1) is 0 Å². The Hall–Kier alpha value is -0.634. The molecule has 10 nitrogen and oxygen atoms in total. The summed E-state index contributed by atoms with van der Waals surface area (Å²) < 4.78 is 9.56.